The lowest BCUT2D eigenvalue weighted by atomic mass is 10.1. The third-order valence-electron chi connectivity index (χ3n) is 2.42. The van der Waals surface area contributed by atoms with Crippen LogP contribution in [0, 0.1) is 0 Å². The molecule has 1 N–H and O–H groups in total. The van der Waals surface area contributed by atoms with Crippen LogP contribution < -0.4 is 5.32 Å². The van der Waals surface area contributed by atoms with E-state index in [0.717, 1.165) is 17.1 Å². The van der Waals surface area contributed by atoms with Crippen molar-refractivity contribution >= 4 is 11.6 Å². The van der Waals surface area contributed by atoms with Crippen LogP contribution in [0.1, 0.15) is 25.5 Å². The zero-order valence-electron chi connectivity index (χ0n) is 10.5. The molecule has 0 radical (unpaired) electrons. The van der Waals surface area contributed by atoms with Crippen molar-refractivity contribution in [2.45, 2.75) is 19.9 Å². The highest BCUT2D eigenvalue weighted by molar-refractivity contribution is 6.30. The van der Waals surface area contributed by atoms with Crippen molar-refractivity contribution in [2.75, 3.05) is 19.8 Å². The molecule has 1 aromatic carbocycles. The van der Waals surface area contributed by atoms with E-state index in [9.17, 15) is 0 Å². The maximum absolute atomic E-state index is 5.84. The normalized spacial score (nSPS) is 12.4. The summed E-state index contributed by atoms with van der Waals surface area (Å²) in [4.78, 5) is 0. The Bertz CT molecular complexity index is 348. The van der Waals surface area contributed by atoms with Gasteiger partial charge in [0.25, 0.3) is 0 Å². The number of halogens is 1. The van der Waals surface area contributed by atoms with E-state index >= 15 is 0 Å². The van der Waals surface area contributed by atoms with E-state index in [1.54, 1.807) is 0 Å². The lowest BCUT2D eigenvalue weighted by molar-refractivity contribution is 0.156. The summed E-state index contributed by atoms with van der Waals surface area (Å²) in [5.41, 5.74) is 2.28. The van der Waals surface area contributed by atoms with Crippen molar-refractivity contribution in [3.8, 4) is 0 Å². The minimum absolute atomic E-state index is 0.306. The van der Waals surface area contributed by atoms with E-state index in [-0.39, 0.29) is 0 Å². The summed E-state index contributed by atoms with van der Waals surface area (Å²) >= 11 is 5.84. The van der Waals surface area contributed by atoms with Gasteiger partial charge in [0, 0.05) is 17.6 Å². The van der Waals surface area contributed by atoms with Gasteiger partial charge in [0.2, 0.25) is 0 Å². The van der Waals surface area contributed by atoms with Crippen LogP contribution in [0.5, 0.6) is 0 Å². The van der Waals surface area contributed by atoms with Gasteiger partial charge in [-0.3, -0.25) is 0 Å². The second kappa shape index (κ2) is 7.49. The predicted molar refractivity (Wildman–Crippen MR) is 73.5 cm³/mol. The lowest BCUT2D eigenvalue weighted by Crippen LogP contribution is -2.23. The molecule has 0 spiro atoms. The summed E-state index contributed by atoms with van der Waals surface area (Å²) in [5, 5.41) is 4.16. The maximum atomic E-state index is 5.84. The van der Waals surface area contributed by atoms with Gasteiger partial charge in [-0.05, 0) is 31.5 Å². The number of rotatable bonds is 7. The number of nitrogens with one attached hydrogen (secondary N) is 1. The van der Waals surface area contributed by atoms with Crippen LogP contribution >= 0.6 is 11.6 Å². The highest BCUT2D eigenvalue weighted by Crippen LogP contribution is 2.15. The largest absolute Gasteiger partial charge is 0.376 e. The molecule has 1 rings (SSSR count). The zero-order valence-corrected chi connectivity index (χ0v) is 11.3. The molecule has 0 heterocycles. The summed E-state index contributed by atoms with van der Waals surface area (Å²) in [6, 6.07) is 8.20. The smallest absolute Gasteiger partial charge is 0.0672 e. The van der Waals surface area contributed by atoms with Crippen molar-refractivity contribution in [1.29, 1.82) is 0 Å². The Morgan fingerprint density at radius 2 is 2.06 bits per heavy atom. The summed E-state index contributed by atoms with van der Waals surface area (Å²) in [6.45, 7) is 10.0. The van der Waals surface area contributed by atoms with Gasteiger partial charge < -0.3 is 10.1 Å². The quantitative estimate of drug-likeness (QED) is 0.592. The third-order valence-corrected chi connectivity index (χ3v) is 2.67. The van der Waals surface area contributed by atoms with Gasteiger partial charge in [-0.1, -0.05) is 35.9 Å². The molecule has 1 atom stereocenters. The summed E-state index contributed by atoms with van der Waals surface area (Å²) in [7, 11) is 0. The fourth-order valence-corrected chi connectivity index (χ4v) is 1.59. The second-order valence-electron chi connectivity index (χ2n) is 4.24. The first-order valence-electron chi connectivity index (χ1n) is 5.80. The second-order valence-corrected chi connectivity index (χ2v) is 4.67. The fourth-order valence-electron chi connectivity index (χ4n) is 1.46. The van der Waals surface area contributed by atoms with E-state index in [1.165, 1.54) is 5.56 Å². The van der Waals surface area contributed by atoms with Crippen molar-refractivity contribution in [2.24, 2.45) is 0 Å². The van der Waals surface area contributed by atoms with Gasteiger partial charge in [-0.2, -0.15) is 0 Å². The molecule has 0 amide bonds. The van der Waals surface area contributed by atoms with Crippen molar-refractivity contribution in [1.82, 2.24) is 5.32 Å². The maximum Gasteiger partial charge on any atom is 0.0672 e. The Kier molecular flexibility index (Phi) is 6.27. The SMILES string of the molecule is C=C(C)COCCNC(C)c1ccc(Cl)cc1. The van der Waals surface area contributed by atoms with Crippen LogP contribution in [0.15, 0.2) is 36.4 Å². The Morgan fingerprint density at radius 1 is 1.41 bits per heavy atom. The predicted octanol–water partition coefficient (Wildman–Crippen LogP) is 3.58. The molecule has 0 aliphatic carbocycles. The zero-order chi connectivity index (χ0) is 12.7. The number of ether oxygens (including phenoxy) is 1. The average Bonchev–Trinajstić information content (AvgIpc) is 2.29. The highest BCUT2D eigenvalue weighted by Gasteiger charge is 2.03. The molecule has 0 bridgehead atoms. The number of hydrogen-bond acceptors (Lipinski definition) is 2. The van der Waals surface area contributed by atoms with E-state index in [2.05, 4.69) is 18.8 Å². The fraction of sp³-hybridized carbons (Fsp3) is 0.429. The number of hydrogen-bond donors (Lipinski definition) is 1. The van der Waals surface area contributed by atoms with Crippen LogP contribution in [-0.2, 0) is 4.74 Å². The molecule has 0 aliphatic rings. The molecule has 94 valence electrons. The first-order chi connectivity index (χ1) is 8.09. The Hall–Kier alpha value is -0.830. The number of benzene rings is 1. The van der Waals surface area contributed by atoms with Crippen LogP contribution in [0.25, 0.3) is 0 Å². The summed E-state index contributed by atoms with van der Waals surface area (Å²) in [5.74, 6) is 0. The van der Waals surface area contributed by atoms with E-state index < -0.39 is 0 Å². The van der Waals surface area contributed by atoms with Gasteiger partial charge in [0.05, 0.1) is 13.2 Å². The van der Waals surface area contributed by atoms with E-state index in [4.69, 9.17) is 16.3 Å². The molecule has 3 heteroatoms. The van der Waals surface area contributed by atoms with Gasteiger partial charge in [-0.25, -0.2) is 0 Å². The highest BCUT2D eigenvalue weighted by atomic mass is 35.5. The lowest BCUT2D eigenvalue weighted by Gasteiger charge is -2.14. The van der Waals surface area contributed by atoms with Crippen molar-refractivity contribution < 1.29 is 4.74 Å². The molecular formula is C14H20ClNO. The summed E-state index contributed by atoms with van der Waals surface area (Å²) in [6.07, 6.45) is 0. The Balaban J connectivity index is 2.23. The van der Waals surface area contributed by atoms with Gasteiger partial charge in [-0.15, -0.1) is 0 Å². The molecule has 2 nitrogen and oxygen atoms in total. The van der Waals surface area contributed by atoms with Gasteiger partial charge in [0.15, 0.2) is 0 Å². The average molecular weight is 254 g/mol. The summed E-state index contributed by atoms with van der Waals surface area (Å²) < 4.78 is 5.42. The van der Waals surface area contributed by atoms with Crippen LogP contribution in [-0.4, -0.2) is 19.8 Å². The van der Waals surface area contributed by atoms with E-state index in [0.29, 0.717) is 19.3 Å². The molecule has 0 saturated heterocycles. The monoisotopic (exact) mass is 253 g/mol. The van der Waals surface area contributed by atoms with Crippen LogP contribution in [0.4, 0.5) is 0 Å². The molecule has 0 fully saturated rings. The van der Waals surface area contributed by atoms with Crippen molar-refractivity contribution in [3.63, 3.8) is 0 Å². The molecule has 17 heavy (non-hydrogen) atoms. The van der Waals surface area contributed by atoms with Gasteiger partial charge >= 0.3 is 0 Å². The molecule has 0 aliphatic heterocycles. The topological polar surface area (TPSA) is 21.3 Å². The Morgan fingerprint density at radius 3 is 2.65 bits per heavy atom. The molecular weight excluding hydrogens is 234 g/mol. The van der Waals surface area contributed by atoms with E-state index in [1.807, 2.05) is 31.2 Å². The third kappa shape index (κ3) is 5.87. The van der Waals surface area contributed by atoms with Crippen molar-refractivity contribution in [3.05, 3.63) is 47.0 Å². The molecule has 0 aromatic heterocycles. The molecule has 0 saturated carbocycles. The minimum Gasteiger partial charge on any atom is -0.376 e. The minimum atomic E-state index is 0.306. The Labute approximate surface area is 109 Å². The molecule has 1 unspecified atom stereocenters. The first kappa shape index (κ1) is 14.2. The molecule has 1 aromatic rings. The first-order valence-corrected chi connectivity index (χ1v) is 6.18. The standard InChI is InChI=1S/C14H20ClNO/c1-11(2)10-17-9-8-16-12(3)13-4-6-14(15)7-5-13/h4-7,12,16H,1,8-10H2,2-3H3. The van der Waals surface area contributed by atoms with Crippen LogP contribution in [0.3, 0.4) is 0 Å². The van der Waals surface area contributed by atoms with Gasteiger partial charge in [0.1, 0.15) is 0 Å². The van der Waals surface area contributed by atoms with Crippen LogP contribution in [0.2, 0.25) is 5.02 Å².